The Balaban J connectivity index is 3.55. The molecule has 0 radical (unpaired) electrons. The molecule has 15 heavy (non-hydrogen) atoms. The molecule has 7 heteroatoms. The molecular formula is C8H2ClF5O. The average Bonchev–Trinajstić information content (AvgIpc) is 2.06. The Morgan fingerprint density at radius 1 is 1.20 bits per heavy atom. The molecule has 0 atom stereocenters. The minimum Gasteiger partial charge on any atom is -0.275 e. The second-order valence-electron chi connectivity index (χ2n) is 2.56. The first-order valence-electron chi connectivity index (χ1n) is 3.50. The third-order valence-electron chi connectivity index (χ3n) is 1.60. The van der Waals surface area contributed by atoms with Gasteiger partial charge in [0.15, 0.2) is 11.6 Å². The summed E-state index contributed by atoms with van der Waals surface area (Å²) in [4.78, 5) is 10.5. The highest BCUT2D eigenvalue weighted by Gasteiger charge is 2.37. The maximum absolute atomic E-state index is 12.9. The highest BCUT2D eigenvalue weighted by atomic mass is 35.5. The van der Waals surface area contributed by atoms with Crippen LogP contribution in [-0.4, -0.2) is 5.24 Å². The summed E-state index contributed by atoms with van der Waals surface area (Å²) in [6, 6.07) is 0.537. The van der Waals surface area contributed by atoms with Gasteiger partial charge in [0.25, 0.3) is 5.24 Å². The van der Waals surface area contributed by atoms with Gasteiger partial charge in [-0.05, 0) is 23.7 Å². The van der Waals surface area contributed by atoms with Crippen molar-refractivity contribution in [2.75, 3.05) is 0 Å². The minimum atomic E-state index is -4.96. The van der Waals surface area contributed by atoms with Gasteiger partial charge in [0.2, 0.25) is 0 Å². The zero-order chi connectivity index (χ0) is 11.8. The van der Waals surface area contributed by atoms with E-state index in [0.29, 0.717) is 0 Å². The predicted molar refractivity (Wildman–Crippen MR) is 41.5 cm³/mol. The van der Waals surface area contributed by atoms with Gasteiger partial charge in [-0.1, -0.05) is 0 Å². The number of carbonyl (C=O) groups excluding carboxylic acids is 1. The van der Waals surface area contributed by atoms with Crippen molar-refractivity contribution >= 4 is 16.8 Å². The van der Waals surface area contributed by atoms with Gasteiger partial charge in [0, 0.05) is 0 Å². The molecule has 0 bridgehead atoms. The molecule has 0 N–H and O–H groups in total. The Morgan fingerprint density at radius 2 is 1.73 bits per heavy atom. The number of alkyl halides is 3. The van der Waals surface area contributed by atoms with Crippen molar-refractivity contribution in [3.8, 4) is 0 Å². The van der Waals surface area contributed by atoms with Crippen LogP contribution in [0.15, 0.2) is 12.1 Å². The van der Waals surface area contributed by atoms with Crippen LogP contribution in [0.25, 0.3) is 0 Å². The molecule has 0 saturated carbocycles. The van der Waals surface area contributed by atoms with Crippen LogP contribution in [0.2, 0.25) is 0 Å². The number of benzene rings is 1. The summed E-state index contributed by atoms with van der Waals surface area (Å²) in [6.45, 7) is 0. The lowest BCUT2D eigenvalue weighted by molar-refractivity contribution is -0.138. The first-order chi connectivity index (χ1) is 6.75. The molecule has 0 saturated heterocycles. The fraction of sp³-hybridized carbons (Fsp3) is 0.125. The quantitative estimate of drug-likeness (QED) is 0.547. The van der Waals surface area contributed by atoms with Gasteiger partial charge in [-0.2, -0.15) is 13.2 Å². The molecule has 0 aliphatic carbocycles. The maximum Gasteiger partial charge on any atom is 0.417 e. The van der Waals surface area contributed by atoms with Gasteiger partial charge in [0.05, 0.1) is 11.1 Å². The van der Waals surface area contributed by atoms with Crippen LogP contribution in [0.4, 0.5) is 22.0 Å². The van der Waals surface area contributed by atoms with Crippen molar-refractivity contribution < 1.29 is 26.7 Å². The van der Waals surface area contributed by atoms with Gasteiger partial charge in [-0.3, -0.25) is 4.79 Å². The lowest BCUT2D eigenvalue weighted by Gasteiger charge is -2.10. The van der Waals surface area contributed by atoms with Gasteiger partial charge in [-0.15, -0.1) is 0 Å². The van der Waals surface area contributed by atoms with E-state index in [4.69, 9.17) is 11.6 Å². The van der Waals surface area contributed by atoms with Crippen LogP contribution in [0, 0.1) is 11.6 Å². The normalized spacial score (nSPS) is 11.6. The lowest BCUT2D eigenvalue weighted by Crippen LogP contribution is -2.13. The molecular weight excluding hydrogens is 243 g/mol. The Bertz CT molecular complexity index is 412. The van der Waals surface area contributed by atoms with Crippen LogP contribution in [0.3, 0.4) is 0 Å². The van der Waals surface area contributed by atoms with E-state index in [1.165, 1.54) is 0 Å². The number of hydrogen-bond acceptors (Lipinski definition) is 1. The summed E-state index contributed by atoms with van der Waals surface area (Å²) < 4.78 is 62.1. The second kappa shape index (κ2) is 3.77. The van der Waals surface area contributed by atoms with Crippen molar-refractivity contribution in [3.63, 3.8) is 0 Å². The number of hydrogen-bond donors (Lipinski definition) is 0. The highest BCUT2D eigenvalue weighted by Crippen LogP contribution is 2.34. The molecule has 0 fully saturated rings. The summed E-state index contributed by atoms with van der Waals surface area (Å²) >= 11 is 4.75. The van der Waals surface area contributed by atoms with Crippen molar-refractivity contribution in [3.05, 3.63) is 34.9 Å². The molecule has 1 aromatic rings. The molecule has 0 amide bonds. The minimum absolute atomic E-state index is 0.258. The topological polar surface area (TPSA) is 17.1 Å². The Hall–Kier alpha value is -1.17. The summed E-state index contributed by atoms with van der Waals surface area (Å²) in [5.41, 5.74) is -3.09. The van der Waals surface area contributed by atoms with E-state index >= 15 is 0 Å². The third-order valence-corrected chi connectivity index (χ3v) is 1.79. The van der Waals surface area contributed by atoms with Crippen molar-refractivity contribution in [2.24, 2.45) is 0 Å². The molecule has 0 spiro atoms. The number of carbonyl (C=O) groups is 1. The fourth-order valence-electron chi connectivity index (χ4n) is 0.979. The summed E-state index contributed by atoms with van der Waals surface area (Å²) in [7, 11) is 0. The van der Waals surface area contributed by atoms with E-state index in [2.05, 4.69) is 0 Å². The largest absolute Gasteiger partial charge is 0.417 e. The predicted octanol–water partition coefficient (Wildman–Crippen LogP) is 3.36. The summed E-state index contributed by atoms with van der Waals surface area (Å²) in [5, 5.41) is -1.70. The van der Waals surface area contributed by atoms with E-state index in [-0.39, 0.29) is 12.1 Å². The van der Waals surface area contributed by atoms with E-state index in [1.54, 1.807) is 0 Å². The van der Waals surface area contributed by atoms with Crippen LogP contribution in [-0.2, 0) is 6.18 Å². The molecule has 0 heterocycles. The highest BCUT2D eigenvalue weighted by molar-refractivity contribution is 6.68. The zero-order valence-corrected chi connectivity index (χ0v) is 7.59. The Kier molecular flexibility index (Phi) is 2.99. The molecule has 1 rings (SSSR count). The maximum atomic E-state index is 12.9. The van der Waals surface area contributed by atoms with E-state index in [0.717, 1.165) is 0 Å². The first kappa shape index (κ1) is 11.9. The monoisotopic (exact) mass is 244 g/mol. The van der Waals surface area contributed by atoms with E-state index < -0.39 is 34.2 Å². The molecule has 1 aromatic carbocycles. The lowest BCUT2D eigenvalue weighted by atomic mass is 10.1. The molecule has 0 aliphatic heterocycles. The molecule has 0 unspecified atom stereocenters. The van der Waals surface area contributed by atoms with Gasteiger partial charge in [0.1, 0.15) is 0 Å². The van der Waals surface area contributed by atoms with Gasteiger partial charge < -0.3 is 0 Å². The zero-order valence-electron chi connectivity index (χ0n) is 6.83. The van der Waals surface area contributed by atoms with Crippen LogP contribution in [0.1, 0.15) is 15.9 Å². The summed E-state index contributed by atoms with van der Waals surface area (Å²) in [5.74, 6) is -3.46. The third kappa shape index (κ3) is 2.26. The van der Waals surface area contributed by atoms with Crippen LogP contribution >= 0.6 is 11.6 Å². The molecule has 0 aliphatic rings. The first-order valence-corrected chi connectivity index (χ1v) is 3.88. The smallest absolute Gasteiger partial charge is 0.275 e. The van der Waals surface area contributed by atoms with Crippen molar-refractivity contribution in [1.29, 1.82) is 0 Å². The van der Waals surface area contributed by atoms with Crippen molar-refractivity contribution in [1.82, 2.24) is 0 Å². The van der Waals surface area contributed by atoms with E-state index in [1.807, 2.05) is 0 Å². The van der Waals surface area contributed by atoms with Gasteiger partial charge >= 0.3 is 6.18 Å². The van der Waals surface area contributed by atoms with Crippen molar-refractivity contribution in [2.45, 2.75) is 6.18 Å². The molecule has 1 nitrogen and oxygen atoms in total. The van der Waals surface area contributed by atoms with Crippen LogP contribution in [0.5, 0.6) is 0 Å². The standard InChI is InChI=1S/C8H2ClF5O/c9-7(15)5-3(8(12,13)14)1-2-4(10)6(5)11/h1-2H. The number of halogens is 6. The Morgan fingerprint density at radius 3 is 2.13 bits per heavy atom. The Labute approximate surface area is 85.5 Å². The molecule has 0 aromatic heterocycles. The van der Waals surface area contributed by atoms with Gasteiger partial charge in [-0.25, -0.2) is 8.78 Å². The van der Waals surface area contributed by atoms with Crippen LogP contribution < -0.4 is 0 Å². The number of rotatable bonds is 1. The fourth-order valence-corrected chi connectivity index (χ4v) is 1.16. The summed E-state index contributed by atoms with van der Waals surface area (Å²) in [6.07, 6.45) is -4.96. The molecule has 82 valence electrons. The van der Waals surface area contributed by atoms with E-state index in [9.17, 15) is 26.7 Å². The average molecular weight is 245 g/mol. The second-order valence-corrected chi connectivity index (χ2v) is 2.90. The SMILES string of the molecule is O=C(Cl)c1c(C(F)(F)F)ccc(F)c1F.